The smallest absolute Gasteiger partial charge is 0.292 e. The van der Waals surface area contributed by atoms with Crippen molar-refractivity contribution >= 4 is 15.7 Å². The Bertz CT molecular complexity index is 263. The standard InChI is InChI=1S/C17H32O2Si/c1-2-9-16(18)19-20-17(14-10-5-3-6-11-14)15-12-7-4-8-13-15/h14-15,17H,2-13,20H2,1H3. The fourth-order valence-electron chi connectivity index (χ4n) is 4.25. The third-order valence-corrected chi connectivity index (χ3v) is 7.61. The van der Waals surface area contributed by atoms with Crippen molar-refractivity contribution in [2.75, 3.05) is 0 Å². The summed E-state index contributed by atoms with van der Waals surface area (Å²) in [5.74, 6) is 1.84. The molecule has 0 bridgehead atoms. The van der Waals surface area contributed by atoms with Crippen LogP contribution >= 0.6 is 0 Å². The second-order valence-electron chi connectivity index (χ2n) is 6.89. The first kappa shape index (κ1) is 16.1. The third-order valence-electron chi connectivity index (χ3n) is 5.40. The van der Waals surface area contributed by atoms with E-state index >= 15 is 0 Å². The van der Waals surface area contributed by atoms with Crippen LogP contribution in [0.15, 0.2) is 0 Å². The van der Waals surface area contributed by atoms with Crippen LogP contribution < -0.4 is 0 Å². The molecule has 0 spiro atoms. The van der Waals surface area contributed by atoms with Crippen molar-refractivity contribution in [3.63, 3.8) is 0 Å². The van der Waals surface area contributed by atoms with Crippen LogP contribution in [0, 0.1) is 11.8 Å². The highest BCUT2D eigenvalue weighted by Crippen LogP contribution is 2.43. The quantitative estimate of drug-likeness (QED) is 0.681. The molecule has 0 aromatic carbocycles. The topological polar surface area (TPSA) is 26.3 Å². The summed E-state index contributed by atoms with van der Waals surface area (Å²) in [5, 5.41) is 0. The minimum atomic E-state index is -0.682. The average molecular weight is 297 g/mol. The molecule has 3 heteroatoms. The van der Waals surface area contributed by atoms with Gasteiger partial charge in [-0.05, 0) is 23.8 Å². The maximum Gasteiger partial charge on any atom is 0.292 e. The molecule has 0 amide bonds. The van der Waals surface area contributed by atoms with Crippen LogP contribution in [0.2, 0.25) is 5.54 Å². The van der Waals surface area contributed by atoms with Crippen molar-refractivity contribution in [1.82, 2.24) is 0 Å². The fraction of sp³-hybridized carbons (Fsp3) is 0.941. The normalized spacial score (nSPS) is 22.7. The Hall–Kier alpha value is -0.313. The summed E-state index contributed by atoms with van der Waals surface area (Å²) >= 11 is 0. The van der Waals surface area contributed by atoms with Crippen LogP contribution in [-0.4, -0.2) is 15.7 Å². The third kappa shape index (κ3) is 4.91. The highest BCUT2D eigenvalue weighted by atomic mass is 28.2. The first-order valence-corrected chi connectivity index (χ1v) is 10.4. The number of hydrogen-bond donors (Lipinski definition) is 0. The predicted molar refractivity (Wildman–Crippen MR) is 86.4 cm³/mol. The van der Waals surface area contributed by atoms with E-state index in [4.69, 9.17) is 4.43 Å². The van der Waals surface area contributed by atoms with Gasteiger partial charge in [0.15, 0.2) is 0 Å². The van der Waals surface area contributed by atoms with Crippen LogP contribution in [0.3, 0.4) is 0 Å². The van der Waals surface area contributed by atoms with Crippen LogP contribution in [0.5, 0.6) is 0 Å². The summed E-state index contributed by atoms with van der Waals surface area (Å²) in [7, 11) is -0.682. The summed E-state index contributed by atoms with van der Waals surface area (Å²) in [4.78, 5) is 11.7. The second kappa shape index (κ2) is 8.86. The van der Waals surface area contributed by atoms with E-state index in [-0.39, 0.29) is 5.97 Å². The molecule has 0 saturated heterocycles. The van der Waals surface area contributed by atoms with Gasteiger partial charge in [0, 0.05) is 6.42 Å². The van der Waals surface area contributed by atoms with Gasteiger partial charge < -0.3 is 4.43 Å². The van der Waals surface area contributed by atoms with E-state index in [0.29, 0.717) is 6.42 Å². The summed E-state index contributed by atoms with van der Waals surface area (Å²) in [6, 6.07) is 0. The Balaban J connectivity index is 1.89. The summed E-state index contributed by atoms with van der Waals surface area (Å²) in [6.07, 6.45) is 15.6. The van der Waals surface area contributed by atoms with Crippen LogP contribution in [0.4, 0.5) is 0 Å². The minimum Gasteiger partial charge on any atom is -0.525 e. The molecule has 0 aromatic heterocycles. The monoisotopic (exact) mass is 296 g/mol. The lowest BCUT2D eigenvalue weighted by Crippen LogP contribution is -2.29. The van der Waals surface area contributed by atoms with Gasteiger partial charge in [-0.3, -0.25) is 4.79 Å². The molecule has 2 aliphatic carbocycles. The van der Waals surface area contributed by atoms with E-state index in [0.717, 1.165) is 23.8 Å². The molecule has 2 aliphatic rings. The molecule has 2 saturated carbocycles. The van der Waals surface area contributed by atoms with Gasteiger partial charge in [0.05, 0.1) is 0 Å². The van der Waals surface area contributed by atoms with Crippen molar-refractivity contribution in [2.24, 2.45) is 11.8 Å². The van der Waals surface area contributed by atoms with Crippen molar-refractivity contribution < 1.29 is 9.22 Å². The fourth-order valence-corrected chi connectivity index (χ4v) is 6.26. The zero-order valence-electron chi connectivity index (χ0n) is 13.2. The number of carbonyl (C=O) groups excluding carboxylic acids is 1. The van der Waals surface area contributed by atoms with E-state index in [2.05, 4.69) is 6.92 Å². The summed E-state index contributed by atoms with van der Waals surface area (Å²) in [5.41, 5.74) is 0.788. The Morgan fingerprint density at radius 3 is 1.95 bits per heavy atom. The molecule has 0 unspecified atom stereocenters. The average Bonchev–Trinajstić information content (AvgIpc) is 2.50. The van der Waals surface area contributed by atoms with E-state index in [1.54, 1.807) is 0 Å². The minimum absolute atomic E-state index is 0.0794. The highest BCUT2D eigenvalue weighted by molar-refractivity contribution is 6.33. The van der Waals surface area contributed by atoms with Gasteiger partial charge >= 0.3 is 0 Å². The van der Waals surface area contributed by atoms with E-state index < -0.39 is 9.76 Å². The molecule has 0 N–H and O–H groups in total. The molecule has 0 heterocycles. The Kier molecular flexibility index (Phi) is 7.12. The highest BCUT2D eigenvalue weighted by Gasteiger charge is 2.32. The van der Waals surface area contributed by atoms with Gasteiger partial charge in [0.2, 0.25) is 9.76 Å². The maximum atomic E-state index is 11.7. The van der Waals surface area contributed by atoms with Crippen LogP contribution in [-0.2, 0) is 9.22 Å². The Morgan fingerprint density at radius 1 is 1.00 bits per heavy atom. The zero-order valence-corrected chi connectivity index (χ0v) is 14.7. The maximum absolute atomic E-state index is 11.7. The van der Waals surface area contributed by atoms with Crippen molar-refractivity contribution in [1.29, 1.82) is 0 Å². The van der Waals surface area contributed by atoms with Crippen LogP contribution in [0.25, 0.3) is 0 Å². The van der Waals surface area contributed by atoms with Crippen molar-refractivity contribution in [2.45, 2.75) is 89.5 Å². The first-order valence-electron chi connectivity index (χ1n) is 8.97. The van der Waals surface area contributed by atoms with E-state index in [1.165, 1.54) is 64.2 Å². The van der Waals surface area contributed by atoms with Gasteiger partial charge in [-0.25, -0.2) is 0 Å². The lowest BCUT2D eigenvalue weighted by molar-refractivity contribution is -0.134. The van der Waals surface area contributed by atoms with Crippen molar-refractivity contribution in [3.8, 4) is 0 Å². The molecule has 2 nitrogen and oxygen atoms in total. The largest absolute Gasteiger partial charge is 0.525 e. The zero-order chi connectivity index (χ0) is 14.2. The lowest BCUT2D eigenvalue weighted by Gasteiger charge is -2.37. The van der Waals surface area contributed by atoms with Gasteiger partial charge in [-0.2, -0.15) is 0 Å². The van der Waals surface area contributed by atoms with Gasteiger partial charge in [0.25, 0.3) is 5.97 Å². The van der Waals surface area contributed by atoms with Gasteiger partial charge in [0.1, 0.15) is 0 Å². The molecule has 0 atom stereocenters. The van der Waals surface area contributed by atoms with E-state index in [1.807, 2.05) is 0 Å². The van der Waals surface area contributed by atoms with E-state index in [9.17, 15) is 4.79 Å². The molecule has 2 fully saturated rings. The number of hydrogen-bond acceptors (Lipinski definition) is 2. The molecule has 20 heavy (non-hydrogen) atoms. The number of carbonyl (C=O) groups is 1. The number of rotatable bonds is 6. The molecule has 0 radical (unpaired) electrons. The Labute approximate surface area is 127 Å². The lowest BCUT2D eigenvalue weighted by atomic mass is 9.77. The Morgan fingerprint density at radius 2 is 1.50 bits per heavy atom. The van der Waals surface area contributed by atoms with Gasteiger partial charge in [-0.1, -0.05) is 71.1 Å². The van der Waals surface area contributed by atoms with Crippen molar-refractivity contribution in [3.05, 3.63) is 0 Å². The summed E-state index contributed by atoms with van der Waals surface area (Å²) < 4.78 is 5.75. The SMILES string of the molecule is CCCC(=O)O[SiH2]C(C1CCCCC1)C1CCCCC1. The summed E-state index contributed by atoms with van der Waals surface area (Å²) in [6.45, 7) is 2.06. The van der Waals surface area contributed by atoms with Gasteiger partial charge in [-0.15, -0.1) is 0 Å². The molecular formula is C17H32O2Si. The second-order valence-corrected chi connectivity index (χ2v) is 8.46. The molecule has 0 aromatic rings. The molecular weight excluding hydrogens is 264 g/mol. The first-order chi connectivity index (χ1) is 9.81. The predicted octanol–water partition coefficient (Wildman–Crippen LogP) is 4.36. The molecule has 116 valence electrons. The molecule has 2 rings (SSSR count). The van der Waals surface area contributed by atoms with Crippen LogP contribution in [0.1, 0.15) is 84.0 Å². The molecule has 0 aliphatic heterocycles.